The van der Waals surface area contributed by atoms with Gasteiger partial charge in [0.15, 0.2) is 5.82 Å². The van der Waals surface area contributed by atoms with Crippen molar-refractivity contribution in [3.8, 4) is 5.82 Å². The number of carbonyl (C=O) groups excluding carboxylic acids is 1. The molecule has 0 aliphatic carbocycles. The smallest absolute Gasteiger partial charge is 0.249 e. The Kier molecular flexibility index (Phi) is 3.69. The van der Waals surface area contributed by atoms with Gasteiger partial charge in [0.05, 0.1) is 0 Å². The first-order valence-electron chi connectivity index (χ1n) is 6.52. The molecule has 1 aliphatic heterocycles. The van der Waals surface area contributed by atoms with Crippen molar-refractivity contribution in [1.82, 2.24) is 25.1 Å². The van der Waals surface area contributed by atoms with Gasteiger partial charge in [-0.05, 0) is 24.5 Å². The highest BCUT2D eigenvalue weighted by molar-refractivity contribution is 5.80. The molecule has 1 saturated heterocycles. The topological polar surface area (TPSA) is 81.9 Å². The van der Waals surface area contributed by atoms with Crippen molar-refractivity contribution in [3.05, 3.63) is 36.5 Å². The van der Waals surface area contributed by atoms with Gasteiger partial charge < -0.3 is 10.1 Å². The highest BCUT2D eigenvalue weighted by Crippen LogP contribution is 2.12. The van der Waals surface area contributed by atoms with Gasteiger partial charge in [-0.1, -0.05) is 6.07 Å². The molecule has 2 aromatic rings. The van der Waals surface area contributed by atoms with Crippen LogP contribution in [0, 0.1) is 0 Å². The van der Waals surface area contributed by atoms with Crippen LogP contribution in [-0.2, 0) is 16.1 Å². The van der Waals surface area contributed by atoms with E-state index in [1.54, 1.807) is 17.2 Å². The quantitative estimate of drug-likeness (QED) is 0.875. The van der Waals surface area contributed by atoms with Crippen molar-refractivity contribution >= 4 is 5.91 Å². The Balaban J connectivity index is 1.57. The van der Waals surface area contributed by atoms with Crippen LogP contribution in [0.5, 0.6) is 0 Å². The van der Waals surface area contributed by atoms with Crippen molar-refractivity contribution in [2.24, 2.45) is 0 Å². The van der Waals surface area contributed by atoms with Crippen molar-refractivity contribution in [2.45, 2.75) is 25.5 Å². The molecule has 0 radical (unpaired) electrons. The zero-order valence-corrected chi connectivity index (χ0v) is 10.9. The summed E-state index contributed by atoms with van der Waals surface area (Å²) in [4.78, 5) is 19.9. The molecule has 3 rings (SSSR count). The summed E-state index contributed by atoms with van der Waals surface area (Å²) in [7, 11) is 0. The van der Waals surface area contributed by atoms with E-state index in [1.807, 2.05) is 12.1 Å². The Labute approximate surface area is 116 Å². The average molecular weight is 273 g/mol. The summed E-state index contributed by atoms with van der Waals surface area (Å²) >= 11 is 0. The molecule has 1 aliphatic rings. The zero-order valence-electron chi connectivity index (χ0n) is 10.9. The van der Waals surface area contributed by atoms with E-state index in [1.165, 1.54) is 6.33 Å². The minimum Gasteiger partial charge on any atom is -0.368 e. The maximum Gasteiger partial charge on any atom is 0.249 e. The Bertz CT molecular complexity index is 561. The van der Waals surface area contributed by atoms with E-state index in [0.29, 0.717) is 19.0 Å². The van der Waals surface area contributed by atoms with Gasteiger partial charge in [-0.15, -0.1) is 0 Å². The molecular weight excluding hydrogens is 258 g/mol. The summed E-state index contributed by atoms with van der Waals surface area (Å²) in [5, 5.41) is 6.86. The third kappa shape index (κ3) is 2.83. The number of pyridine rings is 1. The third-order valence-corrected chi connectivity index (χ3v) is 3.15. The van der Waals surface area contributed by atoms with E-state index >= 15 is 0 Å². The monoisotopic (exact) mass is 273 g/mol. The standard InChI is InChI=1S/C13H15N5O2/c19-13(11-2-1-5-20-11)16-7-10-3-4-12(15-6-10)18-9-14-8-17-18/h3-4,6,8-9,11H,1-2,5,7H2,(H,16,19)/t11-/m0/s1. The fourth-order valence-corrected chi connectivity index (χ4v) is 2.07. The van der Waals surface area contributed by atoms with Crippen LogP contribution in [0.3, 0.4) is 0 Å². The van der Waals surface area contributed by atoms with Crippen molar-refractivity contribution in [2.75, 3.05) is 6.61 Å². The third-order valence-electron chi connectivity index (χ3n) is 3.15. The van der Waals surface area contributed by atoms with E-state index in [0.717, 1.165) is 18.4 Å². The lowest BCUT2D eigenvalue weighted by Crippen LogP contribution is -2.33. The molecule has 0 unspecified atom stereocenters. The maximum absolute atomic E-state index is 11.8. The van der Waals surface area contributed by atoms with Gasteiger partial charge in [-0.3, -0.25) is 4.79 Å². The molecule has 3 heterocycles. The number of rotatable bonds is 4. The van der Waals surface area contributed by atoms with Gasteiger partial charge in [0, 0.05) is 19.3 Å². The van der Waals surface area contributed by atoms with E-state index in [-0.39, 0.29) is 12.0 Å². The van der Waals surface area contributed by atoms with E-state index in [2.05, 4.69) is 20.4 Å². The lowest BCUT2D eigenvalue weighted by atomic mass is 10.2. The first kappa shape index (κ1) is 12.7. The minimum absolute atomic E-state index is 0.0529. The SMILES string of the molecule is O=C(NCc1ccc(-n2cncn2)nc1)[C@@H]1CCCO1. The Morgan fingerprint density at radius 2 is 2.45 bits per heavy atom. The Hall–Kier alpha value is -2.28. The van der Waals surface area contributed by atoms with Crippen LogP contribution in [0.25, 0.3) is 5.82 Å². The van der Waals surface area contributed by atoms with Gasteiger partial charge >= 0.3 is 0 Å². The second-order valence-corrected chi connectivity index (χ2v) is 4.58. The second-order valence-electron chi connectivity index (χ2n) is 4.58. The van der Waals surface area contributed by atoms with Crippen molar-refractivity contribution in [3.63, 3.8) is 0 Å². The summed E-state index contributed by atoms with van der Waals surface area (Å²) < 4.78 is 6.90. The molecule has 1 fully saturated rings. The van der Waals surface area contributed by atoms with E-state index in [9.17, 15) is 4.79 Å². The summed E-state index contributed by atoms with van der Waals surface area (Å²) in [6.45, 7) is 1.12. The number of aromatic nitrogens is 4. The number of nitrogens with one attached hydrogen (secondary N) is 1. The van der Waals surface area contributed by atoms with Crippen LogP contribution < -0.4 is 5.32 Å². The van der Waals surface area contributed by atoms with Crippen LogP contribution >= 0.6 is 0 Å². The predicted molar refractivity (Wildman–Crippen MR) is 70.0 cm³/mol. The predicted octanol–water partition coefficient (Wildman–Crippen LogP) is 0.457. The van der Waals surface area contributed by atoms with Gasteiger partial charge in [0.1, 0.15) is 18.8 Å². The summed E-state index contributed by atoms with van der Waals surface area (Å²) in [6.07, 6.45) is 6.21. The molecule has 1 atom stereocenters. The number of hydrogen-bond acceptors (Lipinski definition) is 5. The Morgan fingerprint density at radius 3 is 3.10 bits per heavy atom. The highest BCUT2D eigenvalue weighted by atomic mass is 16.5. The lowest BCUT2D eigenvalue weighted by molar-refractivity contribution is -0.130. The van der Waals surface area contributed by atoms with Crippen LogP contribution in [-0.4, -0.2) is 38.4 Å². The molecule has 0 spiro atoms. The summed E-state index contributed by atoms with van der Waals surface area (Å²) in [5.74, 6) is 0.638. The van der Waals surface area contributed by atoms with Crippen LogP contribution in [0.1, 0.15) is 18.4 Å². The van der Waals surface area contributed by atoms with Gasteiger partial charge in [0.25, 0.3) is 0 Å². The fourth-order valence-electron chi connectivity index (χ4n) is 2.07. The zero-order chi connectivity index (χ0) is 13.8. The first-order valence-corrected chi connectivity index (χ1v) is 6.52. The molecule has 7 nitrogen and oxygen atoms in total. The fraction of sp³-hybridized carbons (Fsp3) is 0.385. The van der Waals surface area contributed by atoms with Gasteiger partial charge in [-0.2, -0.15) is 5.10 Å². The number of carbonyl (C=O) groups is 1. The number of nitrogens with zero attached hydrogens (tertiary/aromatic N) is 4. The number of ether oxygens (including phenoxy) is 1. The molecule has 104 valence electrons. The first-order chi connectivity index (χ1) is 9.83. The normalized spacial score (nSPS) is 18.1. The second kappa shape index (κ2) is 5.79. The number of amides is 1. The molecular formula is C13H15N5O2. The molecule has 1 amide bonds. The maximum atomic E-state index is 11.8. The molecule has 7 heteroatoms. The van der Waals surface area contributed by atoms with Gasteiger partial charge in [0.2, 0.25) is 5.91 Å². The van der Waals surface area contributed by atoms with Crippen molar-refractivity contribution in [1.29, 1.82) is 0 Å². The van der Waals surface area contributed by atoms with Gasteiger partial charge in [-0.25, -0.2) is 14.6 Å². The lowest BCUT2D eigenvalue weighted by Gasteiger charge is -2.10. The van der Waals surface area contributed by atoms with Crippen LogP contribution in [0.2, 0.25) is 0 Å². The molecule has 0 aromatic carbocycles. The van der Waals surface area contributed by atoms with E-state index < -0.39 is 0 Å². The molecule has 0 saturated carbocycles. The minimum atomic E-state index is -0.294. The van der Waals surface area contributed by atoms with Crippen LogP contribution in [0.15, 0.2) is 31.0 Å². The summed E-state index contributed by atoms with van der Waals surface area (Å²) in [5.41, 5.74) is 0.931. The molecule has 0 bridgehead atoms. The Morgan fingerprint density at radius 1 is 1.50 bits per heavy atom. The largest absolute Gasteiger partial charge is 0.368 e. The molecule has 1 N–H and O–H groups in total. The number of hydrogen-bond donors (Lipinski definition) is 1. The van der Waals surface area contributed by atoms with E-state index in [4.69, 9.17) is 4.74 Å². The highest BCUT2D eigenvalue weighted by Gasteiger charge is 2.22. The average Bonchev–Trinajstić information content (AvgIpc) is 3.18. The summed E-state index contributed by atoms with van der Waals surface area (Å²) in [6, 6.07) is 3.74. The molecule has 2 aromatic heterocycles. The van der Waals surface area contributed by atoms with Crippen LogP contribution in [0.4, 0.5) is 0 Å². The van der Waals surface area contributed by atoms with Crippen molar-refractivity contribution < 1.29 is 9.53 Å². The molecule has 20 heavy (non-hydrogen) atoms.